The molecule has 2 aromatic carbocycles. The lowest BCUT2D eigenvalue weighted by Gasteiger charge is -2.29. The number of hydrogen-bond acceptors (Lipinski definition) is 7. The van der Waals surface area contributed by atoms with Gasteiger partial charge in [0.15, 0.2) is 0 Å². The molecule has 5 N–H and O–H groups in total. The van der Waals surface area contributed by atoms with E-state index in [1.54, 1.807) is 26.4 Å². The fourth-order valence-electron chi connectivity index (χ4n) is 6.44. The van der Waals surface area contributed by atoms with Crippen molar-refractivity contribution < 1.29 is 29.0 Å². The molecule has 1 saturated carbocycles. The Morgan fingerprint density at radius 1 is 0.902 bits per heavy atom. The van der Waals surface area contributed by atoms with Crippen LogP contribution >= 0.6 is 0 Å². The Morgan fingerprint density at radius 3 is 2.24 bits per heavy atom. The number of rotatable bonds is 19. The van der Waals surface area contributed by atoms with Gasteiger partial charge in [-0.2, -0.15) is 0 Å². The van der Waals surface area contributed by atoms with E-state index in [4.69, 9.17) is 4.74 Å². The van der Waals surface area contributed by atoms with Gasteiger partial charge >= 0.3 is 6.09 Å². The third kappa shape index (κ3) is 13.8. The van der Waals surface area contributed by atoms with Crippen molar-refractivity contribution in [3.8, 4) is 0 Å². The minimum atomic E-state index is -1.28. The van der Waals surface area contributed by atoms with E-state index in [-0.39, 0.29) is 31.3 Å². The van der Waals surface area contributed by atoms with Crippen LogP contribution in [-0.2, 0) is 38.7 Å². The van der Waals surface area contributed by atoms with Crippen molar-refractivity contribution in [2.75, 3.05) is 6.54 Å². The first kappa shape index (κ1) is 39.1. The minimum absolute atomic E-state index is 0.0504. The molecule has 12 nitrogen and oxygen atoms in total. The van der Waals surface area contributed by atoms with Crippen molar-refractivity contribution in [2.45, 2.75) is 109 Å². The van der Waals surface area contributed by atoms with Crippen LogP contribution < -0.4 is 21.3 Å². The molecule has 12 heteroatoms. The Kier molecular flexibility index (Phi) is 16.0. The number of benzene rings is 2. The summed E-state index contributed by atoms with van der Waals surface area (Å²) in [6.07, 6.45) is 9.86. The summed E-state index contributed by atoms with van der Waals surface area (Å²) < 4.78 is 7.29. The normalized spacial score (nSPS) is 15.6. The van der Waals surface area contributed by atoms with Crippen LogP contribution in [0.5, 0.6) is 0 Å². The highest BCUT2D eigenvalue weighted by molar-refractivity contribution is 5.88. The van der Waals surface area contributed by atoms with Crippen molar-refractivity contribution in [3.63, 3.8) is 0 Å². The van der Waals surface area contributed by atoms with Gasteiger partial charge in [-0.15, -0.1) is 0 Å². The molecule has 1 heterocycles. The number of aryl methyl sites for hydroxylation is 1. The van der Waals surface area contributed by atoms with Gasteiger partial charge in [-0.05, 0) is 42.2 Å². The van der Waals surface area contributed by atoms with E-state index in [9.17, 15) is 24.3 Å². The van der Waals surface area contributed by atoms with Crippen LogP contribution in [0.4, 0.5) is 4.79 Å². The molecule has 1 fully saturated rings. The van der Waals surface area contributed by atoms with Crippen LogP contribution in [0.3, 0.4) is 0 Å². The number of aromatic nitrogens is 2. The van der Waals surface area contributed by atoms with E-state index in [1.165, 1.54) is 6.42 Å². The number of hydrogen-bond donors (Lipinski definition) is 5. The number of nitrogens with zero attached hydrogens (tertiary/aromatic N) is 2. The Balaban J connectivity index is 1.38. The second-order valence-electron chi connectivity index (χ2n) is 13.8. The summed E-state index contributed by atoms with van der Waals surface area (Å²) in [5.41, 5.74) is 1.66. The van der Waals surface area contributed by atoms with Crippen molar-refractivity contribution in [3.05, 3.63) is 90.5 Å². The Bertz CT molecular complexity index is 1480. The predicted molar refractivity (Wildman–Crippen MR) is 194 cm³/mol. The quantitative estimate of drug-likeness (QED) is 0.117. The topological polar surface area (TPSA) is 164 Å². The molecule has 51 heavy (non-hydrogen) atoms. The summed E-state index contributed by atoms with van der Waals surface area (Å²) in [5, 5.41) is 22.9. The summed E-state index contributed by atoms with van der Waals surface area (Å²) in [7, 11) is 0. The molecule has 0 spiro atoms. The summed E-state index contributed by atoms with van der Waals surface area (Å²) in [6.45, 7) is 4.81. The fraction of sp³-hybridized carbons (Fsp3) is 0.513. The average Bonchev–Trinajstić information content (AvgIpc) is 3.65. The number of imidazole rings is 1. The van der Waals surface area contributed by atoms with Crippen molar-refractivity contribution in [1.29, 1.82) is 0 Å². The zero-order chi connectivity index (χ0) is 36.4. The molecular weight excluding hydrogens is 648 g/mol. The van der Waals surface area contributed by atoms with E-state index in [2.05, 4.69) is 26.3 Å². The van der Waals surface area contributed by atoms with Gasteiger partial charge < -0.3 is 35.7 Å². The largest absolute Gasteiger partial charge is 0.445 e. The highest BCUT2D eigenvalue weighted by Crippen LogP contribution is 2.27. The SMILES string of the molecule is CC(C)[C@H](NC(=O)OCc1ccccc1)C(=O)N[C@@H](Cc1ccccc1)[C@@H](O)CC(=O)N[C@@H](CC1CCCCC1)C(=O)NCCCn1ccnc1. The molecule has 0 radical (unpaired) electrons. The molecule has 0 bridgehead atoms. The third-order valence-electron chi connectivity index (χ3n) is 9.32. The van der Waals surface area contributed by atoms with Crippen LogP contribution in [0.15, 0.2) is 79.4 Å². The number of nitrogens with one attached hydrogen (secondary N) is 4. The van der Waals surface area contributed by atoms with Gasteiger partial charge in [0.1, 0.15) is 18.7 Å². The summed E-state index contributed by atoms with van der Waals surface area (Å²) in [6, 6.07) is 16.0. The molecule has 4 atom stereocenters. The number of carbonyl (C=O) groups is 4. The standard InChI is InChI=1S/C39H54N6O6/c1-28(2)36(44-39(50)51-26-31-17-10-5-11-18-31)38(49)43-32(23-29-13-6-3-7-14-29)34(46)25-35(47)42-33(24-30-15-8-4-9-16-30)37(48)41-19-12-21-45-22-20-40-27-45/h3,5-7,10-11,13-14,17-18,20,22,27-28,30,32-34,36,46H,4,8-9,12,15-16,19,21,23-26H2,1-2H3,(H,41,48)(H,42,47)(H,43,49)(H,44,50)/t32-,33-,34-,36-/m0/s1. The number of alkyl carbamates (subject to hydrolysis) is 1. The summed E-state index contributed by atoms with van der Waals surface area (Å²) in [5.74, 6) is -1.20. The lowest BCUT2D eigenvalue weighted by molar-refractivity contribution is -0.131. The fourth-order valence-corrected chi connectivity index (χ4v) is 6.44. The molecule has 3 aromatic rings. The first-order chi connectivity index (χ1) is 24.7. The monoisotopic (exact) mass is 702 g/mol. The Morgan fingerprint density at radius 2 is 1.59 bits per heavy atom. The first-order valence-electron chi connectivity index (χ1n) is 18.2. The van der Waals surface area contributed by atoms with Crippen molar-refractivity contribution >= 4 is 23.8 Å². The molecule has 4 rings (SSSR count). The zero-order valence-electron chi connectivity index (χ0n) is 29.8. The van der Waals surface area contributed by atoms with Gasteiger partial charge in [0.05, 0.1) is 24.9 Å². The molecule has 1 aliphatic carbocycles. The van der Waals surface area contributed by atoms with E-state index in [0.29, 0.717) is 31.8 Å². The highest BCUT2D eigenvalue weighted by Gasteiger charge is 2.32. The molecule has 276 valence electrons. The maximum atomic E-state index is 13.6. The van der Waals surface area contributed by atoms with Crippen LogP contribution in [0.1, 0.15) is 76.3 Å². The van der Waals surface area contributed by atoms with E-state index < -0.39 is 42.1 Å². The third-order valence-corrected chi connectivity index (χ3v) is 9.32. The second kappa shape index (κ2) is 20.8. The van der Waals surface area contributed by atoms with E-state index >= 15 is 0 Å². The number of carbonyl (C=O) groups excluding carboxylic acids is 4. The van der Waals surface area contributed by atoms with E-state index in [1.807, 2.05) is 71.4 Å². The van der Waals surface area contributed by atoms with Gasteiger partial charge in [-0.3, -0.25) is 14.4 Å². The van der Waals surface area contributed by atoms with Crippen molar-refractivity contribution in [1.82, 2.24) is 30.8 Å². The molecule has 0 unspecified atom stereocenters. The number of amides is 4. The first-order valence-corrected chi connectivity index (χ1v) is 18.2. The van der Waals surface area contributed by atoms with E-state index in [0.717, 1.165) is 36.8 Å². The van der Waals surface area contributed by atoms with Crippen LogP contribution in [-0.4, -0.2) is 69.2 Å². The highest BCUT2D eigenvalue weighted by atomic mass is 16.5. The van der Waals surface area contributed by atoms with Gasteiger partial charge in [0.25, 0.3) is 0 Å². The average molecular weight is 703 g/mol. The van der Waals surface area contributed by atoms with Crippen LogP contribution in [0.2, 0.25) is 0 Å². The lowest BCUT2D eigenvalue weighted by Crippen LogP contribution is -2.56. The van der Waals surface area contributed by atoms with Gasteiger partial charge in [-0.25, -0.2) is 9.78 Å². The predicted octanol–water partition coefficient (Wildman–Crippen LogP) is 4.27. The smallest absolute Gasteiger partial charge is 0.408 e. The van der Waals surface area contributed by atoms with Gasteiger partial charge in [-0.1, -0.05) is 107 Å². The molecule has 0 aliphatic heterocycles. The zero-order valence-corrected chi connectivity index (χ0v) is 29.8. The van der Waals surface area contributed by atoms with Gasteiger partial charge in [0, 0.05) is 25.5 Å². The molecule has 4 amide bonds. The second-order valence-corrected chi connectivity index (χ2v) is 13.8. The molecule has 0 saturated heterocycles. The maximum absolute atomic E-state index is 13.6. The van der Waals surface area contributed by atoms with Crippen LogP contribution in [0.25, 0.3) is 0 Å². The summed E-state index contributed by atoms with van der Waals surface area (Å²) >= 11 is 0. The number of aliphatic hydroxyl groups is 1. The Labute approximate surface area is 301 Å². The molecule has 1 aromatic heterocycles. The van der Waals surface area contributed by atoms with Gasteiger partial charge in [0.2, 0.25) is 17.7 Å². The number of ether oxygens (including phenoxy) is 1. The minimum Gasteiger partial charge on any atom is -0.445 e. The Hall–Kier alpha value is -4.71. The van der Waals surface area contributed by atoms with Crippen molar-refractivity contribution in [2.24, 2.45) is 11.8 Å². The maximum Gasteiger partial charge on any atom is 0.408 e. The van der Waals surface area contributed by atoms with Crippen LogP contribution in [0, 0.1) is 11.8 Å². The lowest BCUT2D eigenvalue weighted by atomic mass is 9.84. The molecular formula is C39H54N6O6. The summed E-state index contributed by atoms with van der Waals surface area (Å²) in [4.78, 5) is 57.2. The number of aliphatic hydroxyl groups excluding tert-OH is 1. The molecule has 1 aliphatic rings.